The minimum atomic E-state index is -5.01. The Kier molecular flexibility index (Phi) is 9.68. The molecule has 0 radical (unpaired) electrons. The average Bonchev–Trinajstić information content (AvgIpc) is 2.81. The number of carbonyl (C=O) groups is 2. The molecule has 2 rings (SSSR count). The van der Waals surface area contributed by atoms with Gasteiger partial charge >= 0.3 is 25.3 Å². The first kappa shape index (κ1) is 29.7. The van der Waals surface area contributed by atoms with Gasteiger partial charge in [-0.15, -0.1) is 0 Å². The maximum Gasteiger partial charge on any atom is 0.408 e. The second-order valence-corrected chi connectivity index (χ2v) is 12.4. The Balaban J connectivity index is 2.23. The van der Waals surface area contributed by atoms with Crippen molar-refractivity contribution in [2.24, 2.45) is 0 Å². The number of benzene rings is 2. The van der Waals surface area contributed by atoms with Gasteiger partial charge in [0, 0.05) is 12.0 Å². The zero-order chi connectivity index (χ0) is 29.6. The van der Waals surface area contributed by atoms with E-state index in [1.165, 1.54) is 53.7 Å². The fourth-order valence-electron chi connectivity index (χ4n) is 3.25. The molecular formula is C27H36F2NO7P. The van der Waals surface area contributed by atoms with Gasteiger partial charge in [-0.3, -0.25) is 13.6 Å². The zero-order valence-corrected chi connectivity index (χ0v) is 23.5. The number of methoxy groups -OCH3 is 1. The first-order valence-corrected chi connectivity index (χ1v) is 13.4. The van der Waals surface area contributed by atoms with Gasteiger partial charge in [-0.1, -0.05) is 54.6 Å². The van der Waals surface area contributed by atoms with Crippen LogP contribution in [0.1, 0.15) is 59.6 Å². The largest absolute Gasteiger partial charge is 0.467 e. The Morgan fingerprint density at radius 3 is 1.92 bits per heavy atom. The molecule has 0 fully saturated rings. The molecule has 0 aliphatic carbocycles. The van der Waals surface area contributed by atoms with Crippen molar-refractivity contribution in [1.29, 1.82) is 0 Å². The van der Waals surface area contributed by atoms with E-state index < -0.39 is 54.7 Å². The van der Waals surface area contributed by atoms with E-state index in [2.05, 4.69) is 5.32 Å². The minimum absolute atomic E-state index is 0.129. The predicted octanol–water partition coefficient (Wildman–Crippen LogP) is 6.57. The Morgan fingerprint density at radius 2 is 1.45 bits per heavy atom. The number of hydrogen-bond donors (Lipinski definition) is 1. The lowest BCUT2D eigenvalue weighted by Crippen LogP contribution is -2.43. The second-order valence-electron chi connectivity index (χ2n) is 10.5. The SMILES string of the molecule is [2H]C(OC(=O)N[C@@H](Cc1ccc(C(F)(F)P(=O)(OC(C)(C)C)OC(C)(C)C)cc1)C(=O)OC)c1ccccc1. The summed E-state index contributed by atoms with van der Waals surface area (Å²) in [5.74, 6) is -0.802. The molecule has 0 aliphatic heterocycles. The summed E-state index contributed by atoms with van der Waals surface area (Å²) in [6.07, 6.45) is -1.16. The maximum absolute atomic E-state index is 15.6. The molecule has 2 aromatic carbocycles. The lowest BCUT2D eigenvalue weighted by atomic mass is 10.0. The summed E-state index contributed by atoms with van der Waals surface area (Å²) in [7, 11) is -3.88. The minimum Gasteiger partial charge on any atom is -0.467 e. The number of amides is 1. The first-order valence-electron chi connectivity index (χ1n) is 12.5. The van der Waals surface area contributed by atoms with Crippen LogP contribution in [0.5, 0.6) is 0 Å². The number of alkyl halides is 2. The van der Waals surface area contributed by atoms with Gasteiger partial charge in [-0.25, -0.2) is 9.59 Å². The quantitative estimate of drug-likeness (QED) is 0.261. The van der Waals surface area contributed by atoms with E-state index >= 15 is 8.78 Å². The fraction of sp³-hybridized carbons (Fsp3) is 0.481. The number of alkyl carbamates (subject to hydrolysis) is 1. The van der Waals surface area contributed by atoms with Crippen LogP contribution in [-0.2, 0) is 46.5 Å². The number of hydrogen-bond acceptors (Lipinski definition) is 7. The highest BCUT2D eigenvalue weighted by atomic mass is 31.2. The number of carbonyl (C=O) groups excluding carboxylic acids is 2. The van der Waals surface area contributed by atoms with Crippen LogP contribution in [0.15, 0.2) is 54.6 Å². The van der Waals surface area contributed by atoms with Crippen molar-refractivity contribution >= 4 is 19.7 Å². The molecule has 0 heterocycles. The number of nitrogens with one attached hydrogen (secondary N) is 1. The molecule has 38 heavy (non-hydrogen) atoms. The standard InChI is InChI=1S/C27H36F2NO7P/c1-25(2,3)36-38(33,37-26(4,5)6)27(28,29)21-15-13-19(14-16-21)17-22(23(31)34-7)30-24(32)35-18-20-11-9-8-10-12-20/h8-16,22H,17-18H2,1-7H3,(H,30,32)/t22-/m0/s1/i18D/t18?,22-. The summed E-state index contributed by atoms with van der Waals surface area (Å²) in [5, 5.41) is 2.35. The molecular weight excluding hydrogens is 519 g/mol. The van der Waals surface area contributed by atoms with E-state index in [1.54, 1.807) is 30.3 Å². The van der Waals surface area contributed by atoms with Gasteiger partial charge in [0.15, 0.2) is 0 Å². The molecule has 0 aromatic heterocycles. The smallest absolute Gasteiger partial charge is 0.408 e. The molecule has 0 bridgehead atoms. The van der Waals surface area contributed by atoms with Crippen LogP contribution in [0.25, 0.3) is 0 Å². The van der Waals surface area contributed by atoms with Gasteiger partial charge in [-0.05, 0) is 52.7 Å². The fourth-order valence-corrected chi connectivity index (χ4v) is 5.43. The van der Waals surface area contributed by atoms with Crippen molar-refractivity contribution in [1.82, 2.24) is 5.32 Å². The van der Waals surface area contributed by atoms with Gasteiger partial charge < -0.3 is 14.8 Å². The van der Waals surface area contributed by atoms with Gasteiger partial charge in [0.25, 0.3) is 0 Å². The van der Waals surface area contributed by atoms with Crippen LogP contribution < -0.4 is 5.32 Å². The van der Waals surface area contributed by atoms with Crippen LogP contribution in [0.3, 0.4) is 0 Å². The summed E-state index contributed by atoms with van der Waals surface area (Å²) in [6, 6.07) is 11.8. The molecule has 1 N–H and O–H groups in total. The molecule has 8 nitrogen and oxygen atoms in total. The summed E-state index contributed by atoms with van der Waals surface area (Å²) in [4.78, 5) is 24.7. The highest BCUT2D eigenvalue weighted by Crippen LogP contribution is 2.69. The highest BCUT2D eigenvalue weighted by Gasteiger charge is 2.58. The van der Waals surface area contributed by atoms with E-state index in [4.69, 9.17) is 19.9 Å². The highest BCUT2D eigenvalue weighted by molar-refractivity contribution is 7.54. The molecule has 1 unspecified atom stereocenters. The normalized spacial score (nSPS) is 14.7. The molecule has 210 valence electrons. The van der Waals surface area contributed by atoms with Gasteiger partial charge in [-0.2, -0.15) is 8.78 Å². The van der Waals surface area contributed by atoms with Crippen molar-refractivity contribution in [3.8, 4) is 0 Å². The van der Waals surface area contributed by atoms with Crippen molar-refractivity contribution in [2.45, 2.75) is 77.5 Å². The summed E-state index contributed by atoms with van der Waals surface area (Å²) in [6.45, 7) is 7.67. The summed E-state index contributed by atoms with van der Waals surface area (Å²) in [5.41, 5.74) is -6.14. The summed E-state index contributed by atoms with van der Waals surface area (Å²) < 4.78 is 73.0. The Bertz CT molecular complexity index is 1150. The lowest BCUT2D eigenvalue weighted by molar-refractivity contribution is -0.143. The van der Waals surface area contributed by atoms with Crippen LogP contribution in [0.2, 0.25) is 0 Å². The average molecular weight is 557 g/mol. The van der Waals surface area contributed by atoms with E-state index in [0.29, 0.717) is 11.1 Å². The van der Waals surface area contributed by atoms with Crippen LogP contribution in [0.4, 0.5) is 13.6 Å². The van der Waals surface area contributed by atoms with Crippen molar-refractivity contribution < 1.29 is 42.8 Å². The van der Waals surface area contributed by atoms with E-state index in [1.807, 2.05) is 0 Å². The van der Waals surface area contributed by atoms with Gasteiger partial charge in [0.2, 0.25) is 0 Å². The van der Waals surface area contributed by atoms with Crippen LogP contribution in [-0.4, -0.2) is 36.4 Å². The molecule has 2 atom stereocenters. The van der Waals surface area contributed by atoms with Gasteiger partial charge in [0.1, 0.15) is 12.6 Å². The van der Waals surface area contributed by atoms with E-state index in [9.17, 15) is 14.2 Å². The second kappa shape index (κ2) is 12.4. The van der Waals surface area contributed by atoms with Crippen LogP contribution >= 0.6 is 7.60 Å². The molecule has 0 aliphatic rings. The lowest BCUT2D eigenvalue weighted by Gasteiger charge is -2.36. The van der Waals surface area contributed by atoms with Crippen molar-refractivity contribution in [2.75, 3.05) is 7.11 Å². The Labute approximate surface area is 223 Å². The first-order chi connectivity index (χ1) is 17.9. The molecule has 11 heteroatoms. The van der Waals surface area contributed by atoms with Crippen LogP contribution in [0, 0.1) is 0 Å². The Morgan fingerprint density at radius 1 is 0.921 bits per heavy atom. The molecule has 1 amide bonds. The number of esters is 1. The molecule has 0 saturated carbocycles. The third kappa shape index (κ3) is 9.19. The van der Waals surface area contributed by atoms with Crippen molar-refractivity contribution in [3.05, 3.63) is 71.3 Å². The number of halogens is 2. The molecule has 0 saturated heterocycles. The third-order valence-corrected chi connectivity index (χ3v) is 7.27. The topological polar surface area (TPSA) is 100 Å². The third-order valence-electron chi connectivity index (χ3n) is 4.75. The van der Waals surface area contributed by atoms with Gasteiger partial charge in [0.05, 0.1) is 19.7 Å². The number of rotatable bonds is 10. The molecule has 2 aromatic rings. The Hall–Kier alpha value is -2.81. The van der Waals surface area contributed by atoms with Crippen molar-refractivity contribution in [3.63, 3.8) is 0 Å². The number of ether oxygens (including phenoxy) is 2. The van der Waals surface area contributed by atoms with E-state index in [0.717, 1.165) is 19.2 Å². The summed E-state index contributed by atoms with van der Waals surface area (Å²) >= 11 is 0. The predicted molar refractivity (Wildman–Crippen MR) is 139 cm³/mol. The zero-order valence-electron chi connectivity index (χ0n) is 23.6. The maximum atomic E-state index is 15.6. The molecule has 0 spiro atoms. The monoisotopic (exact) mass is 556 g/mol. The van der Waals surface area contributed by atoms with E-state index in [-0.39, 0.29) is 6.42 Å².